The third kappa shape index (κ3) is 21.4. The van der Waals surface area contributed by atoms with Gasteiger partial charge in [0.2, 0.25) is 0 Å². The van der Waals surface area contributed by atoms with E-state index in [0.717, 1.165) is 0 Å². The molecule has 0 aliphatic rings. The van der Waals surface area contributed by atoms with Gasteiger partial charge in [0, 0.05) is 0 Å². The monoisotopic (exact) mass is 286 g/mol. The van der Waals surface area contributed by atoms with Crippen LogP contribution in [0, 0.1) is 0 Å². The minimum absolute atomic E-state index is 0. The van der Waals surface area contributed by atoms with Crippen LogP contribution in [-0.4, -0.2) is 0 Å². The van der Waals surface area contributed by atoms with Crippen LogP contribution in [0.5, 0.6) is 0 Å². The molecule has 0 aliphatic heterocycles. The fourth-order valence-corrected chi connectivity index (χ4v) is 0. The summed E-state index contributed by atoms with van der Waals surface area (Å²) in [5.41, 5.74) is 0. The Labute approximate surface area is 80.9 Å². The summed E-state index contributed by atoms with van der Waals surface area (Å²) in [4.78, 5) is 0. The van der Waals surface area contributed by atoms with E-state index in [2.05, 4.69) is 0 Å². The van der Waals surface area contributed by atoms with E-state index in [9.17, 15) is 0 Å². The first-order valence-corrected chi connectivity index (χ1v) is 0. The van der Waals surface area contributed by atoms with E-state index >= 15 is 0 Å². The summed E-state index contributed by atoms with van der Waals surface area (Å²) in [5.74, 6) is 0. The van der Waals surface area contributed by atoms with Crippen molar-refractivity contribution in [1.29, 1.82) is 0 Å². The average molecular weight is 288 g/mol. The summed E-state index contributed by atoms with van der Waals surface area (Å²) in [5, 5.41) is 0. The van der Waals surface area contributed by atoms with Crippen molar-refractivity contribution in [1.82, 2.24) is 0 Å². The molecule has 0 amide bonds. The van der Waals surface area contributed by atoms with Crippen molar-refractivity contribution < 1.29 is 68.3 Å². The first kappa shape index (κ1) is 52.1. The van der Waals surface area contributed by atoms with E-state index in [0.29, 0.717) is 0 Å². The van der Waals surface area contributed by atoms with E-state index < -0.39 is 0 Å². The molecule has 0 aliphatic carbocycles. The zero-order valence-corrected chi connectivity index (χ0v) is 6.47. The van der Waals surface area contributed by atoms with E-state index in [1.54, 1.807) is 0 Å². The minimum Gasteiger partial charge on any atom is -0.197 e. The van der Waals surface area contributed by atoms with Crippen LogP contribution in [0.4, 0.5) is 0 Å². The Hall–Kier alpha value is 2.43. The summed E-state index contributed by atoms with van der Waals surface area (Å²) < 4.78 is 0. The van der Waals surface area contributed by atoms with Crippen molar-refractivity contribution >= 4 is 13.5 Å². The molecule has 0 heterocycles. The predicted molar refractivity (Wildman–Crippen MR) is 10.4 cm³/mol. The Balaban J connectivity index is 0. The first-order valence-electron chi connectivity index (χ1n) is 0. The van der Waals surface area contributed by atoms with E-state index in [1.807, 2.05) is 0 Å². The van der Waals surface area contributed by atoms with Crippen LogP contribution in [-0.2, 0) is 68.3 Å². The molecular weight excluding hydrogens is 286 g/mol. The molecule has 5 heteroatoms. The molecule has 0 fully saturated rings. The molecule has 0 spiro atoms. The largest absolute Gasteiger partial charge is 2.00 e. The first-order chi connectivity index (χ1) is 0. The second kappa shape index (κ2) is 32.1. The SMILES string of the molecule is S.[Cu+2].[Cu+].[Cu+].[Cu+]. The Bertz CT molecular complexity index is 3.61. The maximum absolute atomic E-state index is 0. The number of hydrogen-bond acceptors (Lipinski definition) is 0. The topological polar surface area (TPSA) is 0 Å². The minimum atomic E-state index is 0. The van der Waals surface area contributed by atoms with E-state index in [1.165, 1.54) is 0 Å². The number of hydrogen-bond donors (Lipinski definition) is 0. The van der Waals surface area contributed by atoms with Crippen LogP contribution < -0.4 is 0 Å². The molecule has 0 saturated carbocycles. The Morgan fingerprint density at radius 1 is 0.600 bits per heavy atom. The van der Waals surface area contributed by atoms with Crippen LogP contribution in [0.25, 0.3) is 0 Å². The summed E-state index contributed by atoms with van der Waals surface area (Å²) in [6.07, 6.45) is 0. The molecule has 0 nitrogen and oxygen atoms in total. The van der Waals surface area contributed by atoms with Crippen LogP contribution in [0.15, 0.2) is 0 Å². The molecule has 47 valence electrons. The van der Waals surface area contributed by atoms with Crippen molar-refractivity contribution in [3.05, 3.63) is 0 Å². The van der Waals surface area contributed by atoms with Crippen molar-refractivity contribution in [3.8, 4) is 0 Å². The van der Waals surface area contributed by atoms with Gasteiger partial charge in [0.25, 0.3) is 0 Å². The second-order valence-electron chi connectivity index (χ2n) is 0. The summed E-state index contributed by atoms with van der Waals surface area (Å²) in [6.45, 7) is 0. The second-order valence-corrected chi connectivity index (χ2v) is 0. The molecule has 1 radical (unpaired) electrons. The van der Waals surface area contributed by atoms with Gasteiger partial charge in [-0.1, -0.05) is 0 Å². The van der Waals surface area contributed by atoms with E-state index in [4.69, 9.17) is 0 Å². The quantitative estimate of drug-likeness (QED) is 0.555. The van der Waals surface area contributed by atoms with Crippen LogP contribution in [0.1, 0.15) is 0 Å². The van der Waals surface area contributed by atoms with Crippen molar-refractivity contribution in [2.75, 3.05) is 0 Å². The normalized spacial score (nSPS) is 0. The summed E-state index contributed by atoms with van der Waals surface area (Å²) in [7, 11) is 0. The van der Waals surface area contributed by atoms with Gasteiger partial charge in [0.15, 0.2) is 0 Å². The molecule has 0 saturated heterocycles. The Morgan fingerprint density at radius 2 is 0.600 bits per heavy atom. The molecule has 0 unspecified atom stereocenters. The Kier molecular flexibility index (Phi) is 335. The maximum Gasteiger partial charge on any atom is 2.00 e. The van der Waals surface area contributed by atoms with Gasteiger partial charge >= 0.3 is 68.3 Å². The van der Waals surface area contributed by atoms with Gasteiger partial charge in [-0.3, -0.25) is 0 Å². The fraction of sp³-hybridized carbons (Fsp3) is 0. The van der Waals surface area contributed by atoms with Crippen molar-refractivity contribution in [2.24, 2.45) is 0 Å². The summed E-state index contributed by atoms with van der Waals surface area (Å²) in [6, 6.07) is 0. The zero-order chi connectivity index (χ0) is 0. The molecule has 0 bridgehead atoms. The standard InChI is InChI=1S/4Cu.H2S/h;;;;1H2/q3*+1;+2;. The van der Waals surface area contributed by atoms with Gasteiger partial charge < -0.3 is 0 Å². The molecule has 0 atom stereocenters. The average Bonchev–Trinajstić information content (AvgIpc) is 0. The fourth-order valence-electron chi connectivity index (χ4n) is 0. The molecule has 0 rings (SSSR count). The molecule has 0 aromatic heterocycles. The smallest absolute Gasteiger partial charge is 0.197 e. The van der Waals surface area contributed by atoms with Gasteiger partial charge in [-0.05, 0) is 0 Å². The molecule has 5 heavy (non-hydrogen) atoms. The Morgan fingerprint density at radius 3 is 0.600 bits per heavy atom. The van der Waals surface area contributed by atoms with Crippen LogP contribution >= 0.6 is 13.5 Å². The third-order valence-electron chi connectivity index (χ3n) is 0. The van der Waals surface area contributed by atoms with Crippen LogP contribution in [0.2, 0.25) is 0 Å². The maximum atomic E-state index is 0. The van der Waals surface area contributed by atoms with Crippen molar-refractivity contribution in [3.63, 3.8) is 0 Å². The zero-order valence-electron chi connectivity index (χ0n) is 1.71. The molecule has 0 aromatic carbocycles. The predicted octanol–water partition coefficient (Wildman–Crippen LogP) is 0.103. The van der Waals surface area contributed by atoms with Crippen molar-refractivity contribution in [2.45, 2.75) is 0 Å². The van der Waals surface area contributed by atoms with Crippen LogP contribution in [0.3, 0.4) is 0 Å². The molecule has 0 aromatic rings. The molecule has 0 N–H and O–H groups in total. The van der Waals surface area contributed by atoms with E-state index in [-0.39, 0.29) is 81.8 Å². The summed E-state index contributed by atoms with van der Waals surface area (Å²) >= 11 is 0. The van der Waals surface area contributed by atoms with Gasteiger partial charge in [-0.15, -0.1) is 0 Å². The molecular formula is H2Cu4S+5. The van der Waals surface area contributed by atoms with Gasteiger partial charge in [-0.2, -0.15) is 13.5 Å². The van der Waals surface area contributed by atoms with Gasteiger partial charge in [-0.25, -0.2) is 0 Å². The van der Waals surface area contributed by atoms with Gasteiger partial charge in [0.05, 0.1) is 0 Å². The van der Waals surface area contributed by atoms with Gasteiger partial charge in [0.1, 0.15) is 0 Å². The third-order valence-corrected chi connectivity index (χ3v) is 0. The number of rotatable bonds is 0.